The first-order chi connectivity index (χ1) is 14.7. The van der Waals surface area contributed by atoms with E-state index < -0.39 is 17.9 Å². The smallest absolute Gasteiger partial charge is 0.337 e. The van der Waals surface area contributed by atoms with Gasteiger partial charge in [-0.05, 0) is 36.5 Å². The van der Waals surface area contributed by atoms with Crippen LogP contribution in [0.4, 0.5) is 5.69 Å². The zero-order chi connectivity index (χ0) is 22.7. The van der Waals surface area contributed by atoms with Crippen LogP contribution in [0.25, 0.3) is 0 Å². The predicted molar refractivity (Wildman–Crippen MR) is 114 cm³/mol. The molecule has 1 aromatic rings. The van der Waals surface area contributed by atoms with E-state index in [4.69, 9.17) is 9.47 Å². The number of nitrogens with one attached hydrogen (secondary N) is 1. The molecule has 31 heavy (non-hydrogen) atoms. The maximum absolute atomic E-state index is 12.9. The minimum Gasteiger partial charge on any atom is -0.465 e. The number of nitrogens with zero attached hydrogens (tertiary/aromatic N) is 1. The lowest BCUT2D eigenvalue weighted by atomic mass is 9.77. The van der Waals surface area contributed by atoms with Gasteiger partial charge in [-0.1, -0.05) is 26.7 Å². The molecule has 8 nitrogen and oxygen atoms in total. The van der Waals surface area contributed by atoms with Gasteiger partial charge in [-0.25, -0.2) is 9.59 Å². The number of ether oxygens (including phenoxy) is 2. The van der Waals surface area contributed by atoms with E-state index in [2.05, 4.69) is 19.2 Å². The van der Waals surface area contributed by atoms with Crippen LogP contribution in [0.5, 0.6) is 0 Å². The number of rotatable bonds is 5. The maximum Gasteiger partial charge on any atom is 0.337 e. The number of carbonyl (C=O) groups is 4. The van der Waals surface area contributed by atoms with Crippen LogP contribution >= 0.6 is 0 Å². The number of carbonyl (C=O) groups excluding carboxylic acids is 4. The van der Waals surface area contributed by atoms with Crippen LogP contribution in [0.1, 0.15) is 60.2 Å². The highest BCUT2D eigenvalue weighted by Gasteiger charge is 2.41. The van der Waals surface area contributed by atoms with E-state index in [1.807, 2.05) is 4.90 Å². The molecule has 0 bridgehead atoms. The van der Waals surface area contributed by atoms with E-state index in [-0.39, 0.29) is 41.1 Å². The Morgan fingerprint density at radius 2 is 1.61 bits per heavy atom. The van der Waals surface area contributed by atoms with Gasteiger partial charge in [-0.3, -0.25) is 9.59 Å². The fraction of sp³-hybridized carbons (Fsp3) is 0.565. The molecule has 0 spiro atoms. The Labute approximate surface area is 182 Å². The topological polar surface area (TPSA) is 102 Å². The van der Waals surface area contributed by atoms with Gasteiger partial charge in [0.1, 0.15) is 0 Å². The molecule has 4 atom stereocenters. The molecular weight excluding hydrogens is 400 g/mol. The van der Waals surface area contributed by atoms with Crippen LogP contribution in [0.15, 0.2) is 18.2 Å². The van der Waals surface area contributed by atoms with Crippen molar-refractivity contribution in [3.05, 3.63) is 29.3 Å². The molecule has 1 aliphatic heterocycles. The Morgan fingerprint density at radius 3 is 2.19 bits per heavy atom. The summed E-state index contributed by atoms with van der Waals surface area (Å²) in [5, 5.41) is 2.75. The number of hydrogen-bond donors (Lipinski definition) is 1. The van der Waals surface area contributed by atoms with E-state index in [1.54, 1.807) is 0 Å². The lowest BCUT2D eigenvalue weighted by molar-refractivity contribution is -0.131. The molecule has 1 saturated heterocycles. The second kappa shape index (κ2) is 9.49. The Hall–Kier alpha value is -2.90. The van der Waals surface area contributed by atoms with Crippen LogP contribution in [0.2, 0.25) is 0 Å². The van der Waals surface area contributed by atoms with Gasteiger partial charge in [0, 0.05) is 24.7 Å². The molecule has 1 N–H and O–H groups in total. The summed E-state index contributed by atoms with van der Waals surface area (Å²) in [7, 11) is 2.47. The zero-order valence-electron chi connectivity index (χ0n) is 18.5. The van der Waals surface area contributed by atoms with Gasteiger partial charge in [0.25, 0.3) is 0 Å². The summed E-state index contributed by atoms with van der Waals surface area (Å²) in [6.07, 6.45) is 3.38. The van der Waals surface area contributed by atoms with Crippen molar-refractivity contribution in [3.8, 4) is 0 Å². The lowest BCUT2D eigenvalue weighted by Gasteiger charge is -2.40. The summed E-state index contributed by atoms with van der Waals surface area (Å²) < 4.78 is 9.45. The van der Waals surface area contributed by atoms with Crippen molar-refractivity contribution in [2.75, 3.05) is 26.1 Å². The first kappa shape index (κ1) is 22.8. The van der Waals surface area contributed by atoms with Crippen LogP contribution in [0, 0.1) is 17.8 Å². The van der Waals surface area contributed by atoms with Gasteiger partial charge in [0.05, 0.1) is 31.3 Å². The van der Waals surface area contributed by atoms with Crippen molar-refractivity contribution >= 4 is 29.4 Å². The number of benzene rings is 1. The van der Waals surface area contributed by atoms with E-state index in [1.165, 1.54) is 38.8 Å². The van der Waals surface area contributed by atoms with Crippen molar-refractivity contribution < 1.29 is 28.7 Å². The number of methoxy groups -OCH3 is 2. The summed E-state index contributed by atoms with van der Waals surface area (Å²) in [4.78, 5) is 51.4. The quantitative estimate of drug-likeness (QED) is 0.721. The second-order valence-corrected chi connectivity index (χ2v) is 8.55. The van der Waals surface area contributed by atoms with Crippen molar-refractivity contribution in [2.24, 2.45) is 17.8 Å². The van der Waals surface area contributed by atoms with Crippen LogP contribution in [-0.4, -0.2) is 55.5 Å². The first-order valence-corrected chi connectivity index (χ1v) is 10.7. The van der Waals surface area contributed by atoms with Crippen molar-refractivity contribution in [2.45, 2.75) is 45.6 Å². The van der Waals surface area contributed by atoms with Crippen LogP contribution < -0.4 is 5.32 Å². The van der Waals surface area contributed by atoms with Crippen LogP contribution in [-0.2, 0) is 19.1 Å². The Morgan fingerprint density at radius 1 is 1.00 bits per heavy atom. The van der Waals surface area contributed by atoms with Crippen molar-refractivity contribution in [1.29, 1.82) is 0 Å². The summed E-state index contributed by atoms with van der Waals surface area (Å²) in [6.45, 7) is 4.78. The molecule has 0 radical (unpaired) electrons. The largest absolute Gasteiger partial charge is 0.465 e. The minimum absolute atomic E-state index is 0.00432. The van der Waals surface area contributed by atoms with Crippen LogP contribution in [0.3, 0.4) is 0 Å². The standard InChI is InChI=1S/C23H30N2O6/c1-13-6-5-7-19(14(13)2)25-12-17(11-20(25)26)21(27)24-18-9-15(22(28)30-3)8-16(10-18)23(29)31-4/h8-10,13-14,17,19H,5-7,11-12H2,1-4H3,(H,24,27)/t13-,14-,17-,19-/m1/s1. The number of esters is 2. The molecule has 8 heteroatoms. The molecule has 2 aliphatic rings. The van der Waals surface area contributed by atoms with E-state index in [0.717, 1.165) is 12.8 Å². The average Bonchev–Trinajstić information content (AvgIpc) is 3.15. The lowest BCUT2D eigenvalue weighted by Crippen LogP contribution is -2.45. The Balaban J connectivity index is 1.75. The fourth-order valence-corrected chi connectivity index (χ4v) is 4.64. The van der Waals surface area contributed by atoms with E-state index >= 15 is 0 Å². The molecule has 1 aliphatic carbocycles. The third-order valence-corrected chi connectivity index (χ3v) is 6.64. The summed E-state index contributed by atoms with van der Waals surface area (Å²) in [5.41, 5.74) is 0.517. The highest BCUT2D eigenvalue weighted by Crippen LogP contribution is 2.36. The van der Waals surface area contributed by atoms with Gasteiger partial charge in [-0.2, -0.15) is 0 Å². The number of anilines is 1. The molecule has 168 valence electrons. The van der Waals surface area contributed by atoms with Crippen molar-refractivity contribution in [3.63, 3.8) is 0 Å². The highest BCUT2D eigenvalue weighted by molar-refractivity contribution is 6.01. The van der Waals surface area contributed by atoms with Gasteiger partial charge in [0.2, 0.25) is 11.8 Å². The first-order valence-electron chi connectivity index (χ1n) is 10.7. The zero-order valence-corrected chi connectivity index (χ0v) is 18.5. The molecule has 2 amide bonds. The van der Waals surface area contributed by atoms with Gasteiger partial charge >= 0.3 is 11.9 Å². The second-order valence-electron chi connectivity index (χ2n) is 8.55. The molecule has 2 fully saturated rings. The maximum atomic E-state index is 12.9. The minimum atomic E-state index is -0.635. The fourth-order valence-electron chi connectivity index (χ4n) is 4.64. The predicted octanol–water partition coefficient (Wildman–Crippen LogP) is 2.87. The molecule has 1 aromatic carbocycles. The normalized spacial score (nSPS) is 25.8. The number of amides is 2. The van der Waals surface area contributed by atoms with Crippen molar-refractivity contribution in [1.82, 2.24) is 4.90 Å². The molecular formula is C23H30N2O6. The number of hydrogen-bond acceptors (Lipinski definition) is 6. The molecule has 3 rings (SSSR count). The van der Waals surface area contributed by atoms with Gasteiger partial charge < -0.3 is 19.7 Å². The SMILES string of the molecule is COC(=O)c1cc(NC(=O)[C@@H]2CC(=O)N([C@@H]3CCC[C@@H](C)[C@H]3C)C2)cc(C(=O)OC)c1. The third kappa shape index (κ3) is 4.89. The van der Waals surface area contributed by atoms with Gasteiger partial charge in [-0.15, -0.1) is 0 Å². The summed E-state index contributed by atoms with van der Waals surface area (Å²) in [5.74, 6) is -1.11. The van der Waals surface area contributed by atoms with E-state index in [0.29, 0.717) is 18.4 Å². The average molecular weight is 431 g/mol. The molecule has 0 unspecified atom stereocenters. The molecule has 1 saturated carbocycles. The summed E-state index contributed by atoms with van der Waals surface area (Å²) in [6, 6.07) is 4.40. The Kier molecular flexibility index (Phi) is 6.97. The highest BCUT2D eigenvalue weighted by atomic mass is 16.5. The van der Waals surface area contributed by atoms with E-state index in [9.17, 15) is 19.2 Å². The van der Waals surface area contributed by atoms with Gasteiger partial charge in [0.15, 0.2) is 0 Å². The Bertz CT molecular complexity index is 849. The molecule has 0 aromatic heterocycles. The monoisotopic (exact) mass is 430 g/mol. The molecule has 1 heterocycles. The summed E-state index contributed by atoms with van der Waals surface area (Å²) >= 11 is 0. The number of likely N-dealkylation sites (tertiary alicyclic amines) is 1. The third-order valence-electron chi connectivity index (χ3n) is 6.64.